The molecule has 0 atom stereocenters. The number of para-hydroxylation sites is 1. The predicted octanol–water partition coefficient (Wildman–Crippen LogP) is 1.58. The number of hydrogen-bond acceptors (Lipinski definition) is 4. The zero-order chi connectivity index (χ0) is 15.2. The molecule has 0 heterocycles. The van der Waals surface area contributed by atoms with Gasteiger partial charge in [-0.25, -0.2) is 13.1 Å². The second-order valence-corrected chi connectivity index (χ2v) is 6.57. The van der Waals surface area contributed by atoms with Gasteiger partial charge in [0.2, 0.25) is 10.0 Å². The molecule has 0 saturated carbocycles. The van der Waals surface area contributed by atoms with Crippen molar-refractivity contribution in [2.24, 2.45) is 0 Å². The monoisotopic (exact) mass is 300 g/mol. The second-order valence-electron chi connectivity index (χ2n) is 4.83. The minimum absolute atomic E-state index is 0.0886. The molecule has 0 aliphatic rings. The van der Waals surface area contributed by atoms with Gasteiger partial charge < -0.3 is 10.0 Å². The molecule has 0 spiro atoms. The van der Waals surface area contributed by atoms with Crippen LogP contribution in [0.15, 0.2) is 29.2 Å². The largest absolute Gasteiger partial charge is 0.396 e. The molecule has 1 aromatic rings. The van der Waals surface area contributed by atoms with Gasteiger partial charge in [0.15, 0.2) is 0 Å². The van der Waals surface area contributed by atoms with E-state index in [0.717, 1.165) is 0 Å². The Morgan fingerprint density at radius 2 is 1.95 bits per heavy atom. The molecular formula is C14H24N2O3S. The molecule has 1 rings (SSSR count). The summed E-state index contributed by atoms with van der Waals surface area (Å²) in [7, 11) is -3.50. The van der Waals surface area contributed by atoms with E-state index in [1.807, 2.05) is 30.9 Å². The van der Waals surface area contributed by atoms with Crippen LogP contribution >= 0.6 is 0 Å². The lowest BCUT2D eigenvalue weighted by atomic mass is 10.2. The Morgan fingerprint density at radius 3 is 2.50 bits per heavy atom. The molecule has 0 bridgehead atoms. The third-order valence-electron chi connectivity index (χ3n) is 2.98. The van der Waals surface area contributed by atoms with E-state index in [0.29, 0.717) is 25.2 Å². The average Bonchev–Trinajstić information content (AvgIpc) is 2.39. The van der Waals surface area contributed by atoms with Crippen molar-refractivity contribution in [3.05, 3.63) is 24.3 Å². The molecule has 0 aliphatic carbocycles. The van der Waals surface area contributed by atoms with Gasteiger partial charge in [-0.3, -0.25) is 0 Å². The maximum atomic E-state index is 12.3. The van der Waals surface area contributed by atoms with Gasteiger partial charge in [0, 0.05) is 25.7 Å². The van der Waals surface area contributed by atoms with E-state index in [2.05, 4.69) is 4.72 Å². The summed E-state index contributed by atoms with van der Waals surface area (Å²) in [5.74, 6) is 0. The lowest BCUT2D eigenvalue weighted by Gasteiger charge is -2.30. The van der Waals surface area contributed by atoms with Gasteiger partial charge in [-0.15, -0.1) is 0 Å². The highest BCUT2D eigenvalue weighted by Crippen LogP contribution is 2.26. The number of rotatable bonds is 8. The van der Waals surface area contributed by atoms with Gasteiger partial charge >= 0.3 is 0 Å². The van der Waals surface area contributed by atoms with Crippen LogP contribution in [0.3, 0.4) is 0 Å². The number of benzene rings is 1. The summed E-state index contributed by atoms with van der Waals surface area (Å²) in [4.78, 5) is 2.29. The van der Waals surface area contributed by atoms with Gasteiger partial charge in [-0.1, -0.05) is 19.1 Å². The van der Waals surface area contributed by atoms with Gasteiger partial charge in [-0.05, 0) is 32.4 Å². The Labute approximate surface area is 121 Å². The van der Waals surface area contributed by atoms with E-state index in [1.165, 1.54) is 0 Å². The standard InChI is InChI=1S/C14H24N2O3S/c1-4-15-20(18,19)14-9-6-5-8-13(14)16(12(2)3)10-7-11-17/h5-6,8-9,12,15,17H,4,7,10-11H2,1-3H3. The molecule has 0 aromatic heterocycles. The maximum Gasteiger partial charge on any atom is 0.242 e. The zero-order valence-corrected chi connectivity index (χ0v) is 13.2. The first-order valence-electron chi connectivity index (χ1n) is 6.90. The van der Waals surface area contributed by atoms with Crippen LogP contribution in [0.2, 0.25) is 0 Å². The maximum absolute atomic E-state index is 12.3. The van der Waals surface area contributed by atoms with Crippen molar-refractivity contribution in [3.8, 4) is 0 Å². The summed E-state index contributed by atoms with van der Waals surface area (Å²) in [6, 6.07) is 7.12. The molecule has 6 heteroatoms. The number of hydrogen-bond donors (Lipinski definition) is 2. The van der Waals surface area contributed by atoms with Crippen molar-refractivity contribution in [1.82, 2.24) is 4.72 Å². The molecule has 5 nitrogen and oxygen atoms in total. The third-order valence-corrected chi connectivity index (χ3v) is 4.57. The molecule has 0 aliphatic heterocycles. The van der Waals surface area contributed by atoms with Crippen molar-refractivity contribution in [1.29, 1.82) is 0 Å². The van der Waals surface area contributed by atoms with Crippen molar-refractivity contribution in [2.75, 3.05) is 24.6 Å². The minimum Gasteiger partial charge on any atom is -0.396 e. The molecule has 0 saturated heterocycles. The van der Waals surface area contributed by atoms with Crippen LogP contribution in [0.25, 0.3) is 0 Å². The number of sulfonamides is 1. The average molecular weight is 300 g/mol. The van der Waals surface area contributed by atoms with Crippen LogP contribution in [0, 0.1) is 0 Å². The quantitative estimate of drug-likeness (QED) is 0.765. The van der Waals surface area contributed by atoms with Crippen LogP contribution in [0.1, 0.15) is 27.2 Å². The summed E-state index contributed by atoms with van der Waals surface area (Å²) in [5.41, 5.74) is 0.678. The highest BCUT2D eigenvalue weighted by molar-refractivity contribution is 7.89. The Balaban J connectivity index is 3.22. The molecule has 0 radical (unpaired) electrons. The fourth-order valence-electron chi connectivity index (χ4n) is 2.09. The van der Waals surface area contributed by atoms with Gasteiger partial charge in [0.05, 0.1) is 5.69 Å². The number of aliphatic hydroxyl groups excluding tert-OH is 1. The molecule has 114 valence electrons. The predicted molar refractivity (Wildman–Crippen MR) is 81.5 cm³/mol. The Kier molecular flexibility index (Phi) is 6.45. The topological polar surface area (TPSA) is 69.6 Å². The smallest absolute Gasteiger partial charge is 0.242 e. The first-order valence-corrected chi connectivity index (χ1v) is 8.38. The van der Waals surface area contributed by atoms with E-state index >= 15 is 0 Å². The third kappa shape index (κ3) is 4.19. The van der Waals surface area contributed by atoms with Gasteiger partial charge in [0.1, 0.15) is 4.90 Å². The lowest BCUT2D eigenvalue weighted by Crippen LogP contribution is -2.34. The lowest BCUT2D eigenvalue weighted by molar-refractivity contribution is 0.288. The molecule has 0 fully saturated rings. The molecular weight excluding hydrogens is 276 g/mol. The van der Waals surface area contributed by atoms with Crippen LogP contribution in [-0.2, 0) is 10.0 Å². The number of anilines is 1. The summed E-state index contributed by atoms with van der Waals surface area (Å²) < 4.78 is 27.1. The van der Waals surface area contributed by atoms with Crippen LogP contribution in [0.4, 0.5) is 5.69 Å². The summed E-state index contributed by atoms with van der Waals surface area (Å²) >= 11 is 0. The summed E-state index contributed by atoms with van der Waals surface area (Å²) in [6.45, 7) is 6.83. The first kappa shape index (κ1) is 16.9. The molecule has 1 aromatic carbocycles. The van der Waals surface area contributed by atoms with E-state index in [4.69, 9.17) is 5.11 Å². The highest BCUT2D eigenvalue weighted by atomic mass is 32.2. The van der Waals surface area contributed by atoms with E-state index in [1.54, 1.807) is 19.1 Å². The first-order chi connectivity index (χ1) is 9.44. The minimum atomic E-state index is -3.50. The van der Waals surface area contributed by atoms with E-state index in [-0.39, 0.29) is 17.5 Å². The van der Waals surface area contributed by atoms with Crippen molar-refractivity contribution >= 4 is 15.7 Å². The number of aliphatic hydroxyl groups is 1. The van der Waals surface area contributed by atoms with E-state index < -0.39 is 10.0 Å². The zero-order valence-electron chi connectivity index (χ0n) is 12.3. The molecule has 20 heavy (non-hydrogen) atoms. The van der Waals surface area contributed by atoms with Crippen molar-refractivity contribution in [2.45, 2.75) is 38.1 Å². The van der Waals surface area contributed by atoms with Crippen molar-refractivity contribution in [3.63, 3.8) is 0 Å². The normalized spacial score (nSPS) is 11.8. The van der Waals surface area contributed by atoms with Crippen LogP contribution in [0.5, 0.6) is 0 Å². The Hall–Kier alpha value is -1.11. The fraction of sp³-hybridized carbons (Fsp3) is 0.571. The SMILES string of the molecule is CCNS(=O)(=O)c1ccccc1N(CCCO)C(C)C. The number of nitrogens with one attached hydrogen (secondary N) is 1. The molecule has 0 amide bonds. The second kappa shape index (κ2) is 7.61. The van der Waals surface area contributed by atoms with Crippen molar-refractivity contribution < 1.29 is 13.5 Å². The highest BCUT2D eigenvalue weighted by Gasteiger charge is 2.21. The summed E-state index contributed by atoms with van der Waals surface area (Å²) in [6.07, 6.45) is 0.605. The molecule has 2 N–H and O–H groups in total. The van der Waals surface area contributed by atoms with Crippen LogP contribution < -0.4 is 9.62 Å². The summed E-state index contributed by atoms with van der Waals surface area (Å²) in [5, 5.41) is 9.00. The van der Waals surface area contributed by atoms with E-state index in [9.17, 15) is 8.42 Å². The fourth-order valence-corrected chi connectivity index (χ4v) is 3.34. The van der Waals surface area contributed by atoms with Gasteiger partial charge in [0.25, 0.3) is 0 Å². The Bertz CT molecular complexity index is 515. The van der Waals surface area contributed by atoms with Gasteiger partial charge in [-0.2, -0.15) is 0 Å². The Morgan fingerprint density at radius 1 is 1.30 bits per heavy atom. The number of nitrogens with zero attached hydrogens (tertiary/aromatic N) is 1. The van der Waals surface area contributed by atoms with Crippen LogP contribution in [-0.4, -0.2) is 39.3 Å². The molecule has 0 unspecified atom stereocenters.